The molecule has 0 aliphatic carbocycles. The summed E-state index contributed by atoms with van der Waals surface area (Å²) in [5, 5.41) is 0. The van der Waals surface area contributed by atoms with Gasteiger partial charge in [0.25, 0.3) is 0 Å². The number of nitrogens with zero attached hydrogens (tertiary/aromatic N) is 1. The molecule has 0 aromatic heterocycles. The molecule has 21 heavy (non-hydrogen) atoms. The quantitative estimate of drug-likeness (QED) is 0.738. The third kappa shape index (κ3) is 3.86. The molecule has 3 nitrogen and oxygen atoms in total. The van der Waals surface area contributed by atoms with Crippen LogP contribution in [0.25, 0.3) is 0 Å². The van der Waals surface area contributed by atoms with E-state index in [1.807, 2.05) is 0 Å². The third-order valence-electron chi connectivity index (χ3n) is 4.50. The van der Waals surface area contributed by atoms with Crippen molar-refractivity contribution in [2.45, 2.75) is 64.5 Å². The topological polar surface area (TPSA) is 18.5 Å². The van der Waals surface area contributed by atoms with Crippen LogP contribution < -0.4 is 17.0 Å². The molecule has 3 rings (SSSR count). The van der Waals surface area contributed by atoms with Crippen molar-refractivity contribution in [2.24, 2.45) is 0 Å². The Morgan fingerprint density at radius 2 is 2.00 bits per heavy atom. The van der Waals surface area contributed by atoms with E-state index in [4.69, 9.17) is 9.57 Å². The maximum atomic E-state index is 6.38. The summed E-state index contributed by atoms with van der Waals surface area (Å²) in [7, 11) is 0. The molecule has 0 spiro atoms. The van der Waals surface area contributed by atoms with Crippen molar-refractivity contribution in [3.05, 3.63) is 35.9 Å². The highest BCUT2D eigenvalue weighted by molar-refractivity contribution is 5.13. The third-order valence-corrected chi connectivity index (χ3v) is 4.50. The maximum absolute atomic E-state index is 6.38. The van der Waals surface area contributed by atoms with Crippen LogP contribution in [0.5, 0.6) is 0 Å². The average Bonchev–Trinajstić information content (AvgIpc) is 2.76. The van der Waals surface area contributed by atoms with Crippen LogP contribution in [0, 0.1) is 0 Å². The van der Waals surface area contributed by atoms with Gasteiger partial charge in [-0.05, 0) is 26.7 Å². The normalized spacial score (nSPS) is 31.8. The van der Waals surface area contributed by atoms with Crippen molar-refractivity contribution in [2.75, 3.05) is 6.54 Å². The number of fused-ring (bicyclic) bond motifs is 1. The smallest absolute Gasteiger partial charge is 0.221 e. The summed E-state index contributed by atoms with van der Waals surface area (Å²) in [4.78, 5) is 6.38. The molecule has 0 saturated carbocycles. The molecule has 2 fully saturated rings. The molecule has 0 N–H and O–H groups in total. The Balaban J connectivity index is 0.00000161. The van der Waals surface area contributed by atoms with E-state index in [-0.39, 0.29) is 29.4 Å². The van der Waals surface area contributed by atoms with Crippen molar-refractivity contribution >= 4 is 0 Å². The Hall–Kier alpha value is -0.420. The molecule has 3 atom stereocenters. The SMILES string of the molecule is CC(C)O[C@H]1C[C@@H]2CCCC[N+]2(Cc2ccccc2)O1.[Br-]. The molecule has 1 aromatic rings. The summed E-state index contributed by atoms with van der Waals surface area (Å²) < 4.78 is 6.71. The van der Waals surface area contributed by atoms with Crippen LogP contribution in [-0.4, -0.2) is 29.6 Å². The summed E-state index contributed by atoms with van der Waals surface area (Å²) in [6, 6.07) is 11.3. The zero-order chi connectivity index (χ0) is 14.0. The predicted octanol–water partition coefficient (Wildman–Crippen LogP) is 0.646. The highest BCUT2D eigenvalue weighted by Gasteiger charge is 2.51. The number of piperidine rings is 1. The molecule has 118 valence electrons. The number of benzene rings is 1. The molecule has 0 radical (unpaired) electrons. The number of hydroxylamine groups is 3. The van der Waals surface area contributed by atoms with Gasteiger partial charge in [-0.3, -0.25) is 0 Å². The van der Waals surface area contributed by atoms with E-state index < -0.39 is 0 Å². The van der Waals surface area contributed by atoms with Gasteiger partial charge in [-0.2, -0.15) is 9.48 Å². The van der Waals surface area contributed by atoms with Gasteiger partial charge in [0.05, 0.1) is 12.5 Å². The number of hydrogen-bond donors (Lipinski definition) is 0. The van der Waals surface area contributed by atoms with E-state index in [9.17, 15) is 0 Å². The van der Waals surface area contributed by atoms with Gasteiger partial charge in [0.15, 0.2) is 0 Å². The van der Waals surface area contributed by atoms with Crippen LogP contribution in [0.1, 0.15) is 45.1 Å². The number of rotatable bonds is 4. The van der Waals surface area contributed by atoms with E-state index in [1.54, 1.807) is 0 Å². The van der Waals surface area contributed by atoms with E-state index in [1.165, 1.54) is 24.8 Å². The lowest BCUT2D eigenvalue weighted by Crippen LogP contribution is -3.00. The summed E-state index contributed by atoms with van der Waals surface area (Å²) in [5.74, 6) is 0. The van der Waals surface area contributed by atoms with Crippen LogP contribution in [0.4, 0.5) is 0 Å². The predicted molar refractivity (Wildman–Crippen MR) is 78.6 cm³/mol. The van der Waals surface area contributed by atoms with E-state index in [0.29, 0.717) is 6.04 Å². The van der Waals surface area contributed by atoms with Crippen LogP contribution in [0.15, 0.2) is 30.3 Å². The summed E-state index contributed by atoms with van der Waals surface area (Å²) in [6.07, 6.45) is 5.12. The van der Waals surface area contributed by atoms with Gasteiger partial charge in [-0.25, -0.2) is 0 Å². The van der Waals surface area contributed by atoms with Crippen LogP contribution in [-0.2, 0) is 16.1 Å². The lowest BCUT2D eigenvalue weighted by atomic mass is 9.98. The fourth-order valence-corrected chi connectivity index (χ4v) is 3.65. The van der Waals surface area contributed by atoms with Crippen LogP contribution in [0.2, 0.25) is 0 Å². The molecule has 1 aromatic carbocycles. The van der Waals surface area contributed by atoms with Gasteiger partial charge in [0.2, 0.25) is 6.29 Å². The maximum Gasteiger partial charge on any atom is 0.221 e. The molecule has 2 saturated heterocycles. The summed E-state index contributed by atoms with van der Waals surface area (Å²) in [6.45, 7) is 6.27. The number of quaternary nitrogens is 1. The molecule has 0 amide bonds. The Bertz CT molecular complexity index is 440. The second-order valence-corrected chi connectivity index (χ2v) is 6.42. The zero-order valence-corrected chi connectivity index (χ0v) is 14.6. The first kappa shape index (κ1) is 16.9. The monoisotopic (exact) mass is 355 g/mol. The fraction of sp³-hybridized carbons (Fsp3) is 0.647. The first-order valence-electron chi connectivity index (χ1n) is 7.92. The lowest BCUT2D eigenvalue weighted by Gasteiger charge is -2.39. The van der Waals surface area contributed by atoms with E-state index in [2.05, 4.69) is 44.2 Å². The molecular formula is C17H26BrNO2. The van der Waals surface area contributed by atoms with Crippen LogP contribution in [0.3, 0.4) is 0 Å². The second-order valence-electron chi connectivity index (χ2n) is 6.42. The molecule has 1 unspecified atom stereocenters. The van der Waals surface area contributed by atoms with Gasteiger partial charge < -0.3 is 21.7 Å². The van der Waals surface area contributed by atoms with Gasteiger partial charge in [0, 0.05) is 12.0 Å². The minimum atomic E-state index is -0.0261. The largest absolute Gasteiger partial charge is 1.00 e. The molecule has 0 bridgehead atoms. The molecule has 2 heterocycles. The average molecular weight is 356 g/mol. The molecule has 2 aliphatic heterocycles. The van der Waals surface area contributed by atoms with Crippen molar-refractivity contribution < 1.29 is 31.2 Å². The standard InChI is InChI=1S/C17H26NO2.BrH/c1-14(2)19-17-12-16-10-6-7-11-18(16,20-17)13-15-8-4-3-5-9-15;/h3-5,8-9,14,16-17H,6-7,10-13H2,1-2H3;1H/q+1;/p-1/t16-,17+,18?;/m0./s1. The van der Waals surface area contributed by atoms with Gasteiger partial charge in [-0.15, -0.1) is 0 Å². The second kappa shape index (κ2) is 7.23. The van der Waals surface area contributed by atoms with E-state index >= 15 is 0 Å². The highest BCUT2D eigenvalue weighted by atomic mass is 79.9. The Kier molecular flexibility index (Phi) is 5.83. The Labute approximate surface area is 138 Å². The highest BCUT2D eigenvalue weighted by Crippen LogP contribution is 2.39. The lowest BCUT2D eigenvalue weighted by molar-refractivity contribution is -1.13. The minimum Gasteiger partial charge on any atom is -1.00 e. The van der Waals surface area contributed by atoms with Gasteiger partial charge in [-0.1, -0.05) is 30.3 Å². The Morgan fingerprint density at radius 3 is 2.71 bits per heavy atom. The van der Waals surface area contributed by atoms with Gasteiger partial charge >= 0.3 is 0 Å². The molecular weight excluding hydrogens is 330 g/mol. The first-order valence-corrected chi connectivity index (χ1v) is 7.92. The van der Waals surface area contributed by atoms with Crippen molar-refractivity contribution in [3.8, 4) is 0 Å². The number of hydrogen-bond acceptors (Lipinski definition) is 2. The Morgan fingerprint density at radius 1 is 1.24 bits per heavy atom. The molecule has 4 heteroatoms. The number of halogens is 1. The van der Waals surface area contributed by atoms with Crippen molar-refractivity contribution in [1.29, 1.82) is 0 Å². The van der Waals surface area contributed by atoms with Crippen molar-refractivity contribution in [3.63, 3.8) is 0 Å². The summed E-state index contributed by atoms with van der Waals surface area (Å²) in [5.41, 5.74) is 1.37. The zero-order valence-electron chi connectivity index (χ0n) is 13.0. The van der Waals surface area contributed by atoms with Crippen molar-refractivity contribution in [1.82, 2.24) is 0 Å². The summed E-state index contributed by atoms with van der Waals surface area (Å²) >= 11 is 0. The van der Waals surface area contributed by atoms with Gasteiger partial charge in [0.1, 0.15) is 19.1 Å². The van der Waals surface area contributed by atoms with E-state index in [0.717, 1.165) is 24.2 Å². The first-order chi connectivity index (χ1) is 9.68. The fourth-order valence-electron chi connectivity index (χ4n) is 3.65. The molecule has 2 aliphatic rings. The minimum absolute atomic E-state index is 0. The number of ether oxygens (including phenoxy) is 1. The van der Waals surface area contributed by atoms with Crippen LogP contribution >= 0.6 is 0 Å².